The maximum Gasteiger partial charge on any atom is 0.326 e. The van der Waals surface area contributed by atoms with Gasteiger partial charge in [-0.3, -0.25) is 9.36 Å². The first-order chi connectivity index (χ1) is 9.99. The van der Waals surface area contributed by atoms with Crippen molar-refractivity contribution in [3.05, 3.63) is 34.2 Å². The van der Waals surface area contributed by atoms with Crippen LogP contribution in [-0.2, 0) is 11.8 Å². The standard InChI is InChI=1S/C14H15N3O4/c1-16-10-5-4-8(7-9(10)15-14(16)21)12(18)17-6-2-3-11(17)13(19)20/h4-5,7,11H,2-3,6H2,1H3,(H,15,21)(H,19,20)/t11-/m1/s1. The number of amides is 1. The van der Waals surface area contributed by atoms with Crippen molar-refractivity contribution >= 4 is 22.9 Å². The number of carbonyl (C=O) groups excluding carboxylic acids is 1. The lowest BCUT2D eigenvalue weighted by Crippen LogP contribution is -2.40. The van der Waals surface area contributed by atoms with Gasteiger partial charge in [0.2, 0.25) is 0 Å². The smallest absolute Gasteiger partial charge is 0.326 e. The zero-order valence-electron chi connectivity index (χ0n) is 11.5. The van der Waals surface area contributed by atoms with E-state index in [2.05, 4.69) is 4.98 Å². The zero-order valence-corrected chi connectivity index (χ0v) is 11.5. The lowest BCUT2D eigenvalue weighted by molar-refractivity contribution is -0.141. The number of nitrogens with zero attached hydrogens (tertiary/aromatic N) is 2. The van der Waals surface area contributed by atoms with Crippen molar-refractivity contribution in [2.24, 2.45) is 7.05 Å². The number of H-pyrrole nitrogens is 1. The molecule has 7 heteroatoms. The van der Waals surface area contributed by atoms with E-state index in [1.54, 1.807) is 25.2 Å². The maximum atomic E-state index is 12.5. The van der Waals surface area contributed by atoms with E-state index in [1.165, 1.54) is 9.47 Å². The Kier molecular flexibility index (Phi) is 3.04. The van der Waals surface area contributed by atoms with Crippen LogP contribution in [0.3, 0.4) is 0 Å². The summed E-state index contributed by atoms with van der Waals surface area (Å²) >= 11 is 0. The number of hydrogen-bond donors (Lipinski definition) is 2. The quantitative estimate of drug-likeness (QED) is 0.844. The number of benzene rings is 1. The molecule has 3 rings (SSSR count). The Morgan fingerprint density at radius 1 is 1.38 bits per heavy atom. The van der Waals surface area contributed by atoms with Crippen molar-refractivity contribution in [1.82, 2.24) is 14.5 Å². The number of aliphatic carboxylic acids is 1. The number of aryl methyl sites for hydroxylation is 1. The number of fused-ring (bicyclic) bond motifs is 1. The Morgan fingerprint density at radius 3 is 2.86 bits per heavy atom. The van der Waals surface area contributed by atoms with Crippen LogP contribution in [0.1, 0.15) is 23.2 Å². The highest BCUT2D eigenvalue weighted by atomic mass is 16.4. The summed E-state index contributed by atoms with van der Waals surface area (Å²) in [6.07, 6.45) is 1.17. The largest absolute Gasteiger partial charge is 0.480 e. The molecule has 0 spiro atoms. The Hall–Kier alpha value is -2.57. The number of imidazole rings is 1. The molecule has 110 valence electrons. The van der Waals surface area contributed by atoms with Crippen molar-refractivity contribution in [2.75, 3.05) is 6.54 Å². The van der Waals surface area contributed by atoms with Gasteiger partial charge in [0, 0.05) is 19.2 Å². The van der Waals surface area contributed by atoms with Crippen molar-refractivity contribution < 1.29 is 14.7 Å². The summed E-state index contributed by atoms with van der Waals surface area (Å²) in [4.78, 5) is 39.2. The average Bonchev–Trinajstić information content (AvgIpc) is 3.04. The minimum absolute atomic E-state index is 0.251. The van der Waals surface area contributed by atoms with Gasteiger partial charge in [0.15, 0.2) is 0 Å². The molecule has 0 unspecified atom stereocenters. The van der Waals surface area contributed by atoms with Gasteiger partial charge >= 0.3 is 11.7 Å². The first-order valence-electron chi connectivity index (χ1n) is 6.71. The summed E-state index contributed by atoms with van der Waals surface area (Å²) in [5.74, 6) is -1.29. The molecule has 0 radical (unpaired) electrons. The number of carboxylic acid groups (broad SMARTS) is 1. The Bertz CT molecular complexity index is 789. The number of likely N-dealkylation sites (tertiary alicyclic amines) is 1. The second-order valence-electron chi connectivity index (χ2n) is 5.22. The average molecular weight is 289 g/mol. The van der Waals surface area contributed by atoms with E-state index >= 15 is 0 Å². The van der Waals surface area contributed by atoms with Gasteiger partial charge in [-0.05, 0) is 31.0 Å². The lowest BCUT2D eigenvalue weighted by Gasteiger charge is -2.21. The SMILES string of the molecule is Cn1c(=O)[nH]c2cc(C(=O)N3CCC[C@@H]3C(=O)O)ccc21. The second-order valence-corrected chi connectivity index (χ2v) is 5.22. The van der Waals surface area contributed by atoms with E-state index in [1.807, 2.05) is 0 Å². The molecular formula is C14H15N3O4. The molecule has 0 aliphatic carbocycles. The van der Waals surface area contributed by atoms with Crippen LogP contribution in [0.4, 0.5) is 0 Å². The van der Waals surface area contributed by atoms with Crippen LogP contribution < -0.4 is 5.69 Å². The molecule has 1 amide bonds. The normalized spacial score (nSPS) is 18.3. The van der Waals surface area contributed by atoms with Gasteiger partial charge in [0.05, 0.1) is 11.0 Å². The third-order valence-corrected chi connectivity index (χ3v) is 3.95. The molecule has 7 nitrogen and oxygen atoms in total. The van der Waals surface area contributed by atoms with Crippen LogP contribution in [0.25, 0.3) is 11.0 Å². The van der Waals surface area contributed by atoms with Crippen molar-refractivity contribution in [1.29, 1.82) is 0 Å². The number of hydrogen-bond acceptors (Lipinski definition) is 3. The number of nitrogens with one attached hydrogen (secondary N) is 1. The topological polar surface area (TPSA) is 95.4 Å². The molecule has 2 heterocycles. The van der Waals surface area contributed by atoms with Gasteiger partial charge in [-0.15, -0.1) is 0 Å². The molecule has 1 aliphatic rings. The van der Waals surface area contributed by atoms with Crippen LogP contribution >= 0.6 is 0 Å². The van der Waals surface area contributed by atoms with E-state index in [4.69, 9.17) is 5.11 Å². The van der Waals surface area contributed by atoms with Crippen LogP contribution in [0.5, 0.6) is 0 Å². The fraction of sp³-hybridized carbons (Fsp3) is 0.357. The van der Waals surface area contributed by atoms with Crippen LogP contribution in [0.2, 0.25) is 0 Å². The van der Waals surface area contributed by atoms with Crippen LogP contribution in [0, 0.1) is 0 Å². The molecule has 2 aromatic rings. The van der Waals surface area contributed by atoms with Crippen molar-refractivity contribution in [2.45, 2.75) is 18.9 Å². The van der Waals surface area contributed by atoms with Gasteiger partial charge in [-0.25, -0.2) is 9.59 Å². The Balaban J connectivity index is 1.98. The lowest BCUT2D eigenvalue weighted by atomic mass is 10.1. The van der Waals surface area contributed by atoms with E-state index in [0.29, 0.717) is 36.0 Å². The number of carboxylic acids is 1. The summed E-state index contributed by atoms with van der Waals surface area (Å²) in [5.41, 5.74) is 1.41. The Labute approximate surface area is 119 Å². The highest BCUT2D eigenvalue weighted by Crippen LogP contribution is 2.21. The van der Waals surface area contributed by atoms with Gasteiger partial charge in [-0.2, -0.15) is 0 Å². The summed E-state index contributed by atoms with van der Waals surface area (Å²) in [6.45, 7) is 0.444. The summed E-state index contributed by atoms with van der Waals surface area (Å²) in [6, 6.07) is 4.14. The van der Waals surface area contributed by atoms with Gasteiger partial charge < -0.3 is 15.0 Å². The third-order valence-electron chi connectivity index (χ3n) is 3.95. The van der Waals surface area contributed by atoms with E-state index in [0.717, 1.165) is 0 Å². The molecule has 1 fully saturated rings. The first kappa shape index (κ1) is 13.4. The number of aromatic nitrogens is 2. The molecular weight excluding hydrogens is 274 g/mol. The van der Waals surface area contributed by atoms with Gasteiger partial charge in [0.25, 0.3) is 5.91 Å². The highest BCUT2D eigenvalue weighted by Gasteiger charge is 2.34. The number of carbonyl (C=O) groups is 2. The fourth-order valence-electron chi connectivity index (χ4n) is 2.80. The molecule has 2 N–H and O–H groups in total. The van der Waals surface area contributed by atoms with Gasteiger partial charge in [-0.1, -0.05) is 0 Å². The van der Waals surface area contributed by atoms with Crippen LogP contribution in [0.15, 0.2) is 23.0 Å². The summed E-state index contributed by atoms with van der Waals surface area (Å²) in [7, 11) is 1.64. The minimum atomic E-state index is -0.977. The van der Waals surface area contributed by atoms with E-state index in [9.17, 15) is 14.4 Å². The summed E-state index contributed by atoms with van der Waals surface area (Å²) < 4.78 is 1.46. The minimum Gasteiger partial charge on any atom is -0.480 e. The fourth-order valence-corrected chi connectivity index (χ4v) is 2.80. The molecule has 1 aliphatic heterocycles. The molecule has 1 saturated heterocycles. The van der Waals surface area contributed by atoms with Crippen molar-refractivity contribution in [3.8, 4) is 0 Å². The number of rotatable bonds is 2. The molecule has 1 atom stereocenters. The predicted octanol–water partition coefficient (Wildman–Crippen LogP) is 0.556. The summed E-state index contributed by atoms with van der Waals surface area (Å²) in [5, 5.41) is 9.15. The molecule has 21 heavy (non-hydrogen) atoms. The number of aromatic amines is 1. The van der Waals surface area contributed by atoms with E-state index < -0.39 is 12.0 Å². The maximum absolute atomic E-state index is 12.5. The molecule has 1 aromatic heterocycles. The van der Waals surface area contributed by atoms with Crippen molar-refractivity contribution in [3.63, 3.8) is 0 Å². The monoisotopic (exact) mass is 289 g/mol. The van der Waals surface area contributed by atoms with E-state index in [-0.39, 0.29) is 11.6 Å². The molecule has 1 aromatic carbocycles. The predicted molar refractivity (Wildman–Crippen MR) is 75.2 cm³/mol. The van der Waals surface area contributed by atoms with Gasteiger partial charge in [0.1, 0.15) is 6.04 Å². The Morgan fingerprint density at radius 2 is 2.14 bits per heavy atom. The second kappa shape index (κ2) is 4.76. The first-order valence-corrected chi connectivity index (χ1v) is 6.71. The molecule has 0 saturated carbocycles. The third kappa shape index (κ3) is 2.10. The van der Waals surface area contributed by atoms with Crippen LogP contribution in [-0.4, -0.2) is 44.0 Å². The zero-order chi connectivity index (χ0) is 15.1. The molecule has 0 bridgehead atoms. The highest BCUT2D eigenvalue weighted by molar-refractivity contribution is 5.99.